The van der Waals surface area contributed by atoms with Crippen molar-refractivity contribution < 1.29 is 18.7 Å². The number of ether oxygens (including phenoxy) is 2. The Hall–Kier alpha value is -3.35. The van der Waals surface area contributed by atoms with Crippen molar-refractivity contribution in [1.82, 2.24) is 10.2 Å². The number of benzene rings is 2. The first-order chi connectivity index (χ1) is 12.6. The first-order valence-electron chi connectivity index (χ1n) is 8.17. The number of fused-ring (bicyclic) bond motifs is 1. The van der Waals surface area contributed by atoms with Crippen molar-refractivity contribution in [1.29, 1.82) is 0 Å². The van der Waals surface area contributed by atoms with Gasteiger partial charge < -0.3 is 13.9 Å². The summed E-state index contributed by atoms with van der Waals surface area (Å²) >= 11 is 0. The maximum absolute atomic E-state index is 12.3. The molecule has 0 unspecified atom stereocenters. The molecule has 132 valence electrons. The predicted molar refractivity (Wildman–Crippen MR) is 93.5 cm³/mol. The largest absolute Gasteiger partial charge is 0.454 e. The number of carbonyl (C=O) groups is 1. The summed E-state index contributed by atoms with van der Waals surface area (Å²) in [5.41, 5.74) is 3.54. The van der Waals surface area contributed by atoms with Gasteiger partial charge in [0.15, 0.2) is 11.5 Å². The van der Waals surface area contributed by atoms with E-state index in [0.29, 0.717) is 23.6 Å². The second kappa shape index (κ2) is 6.51. The number of aromatic nitrogens is 2. The van der Waals surface area contributed by atoms with Crippen LogP contribution in [0.25, 0.3) is 0 Å². The second-order valence-corrected chi connectivity index (χ2v) is 6.20. The van der Waals surface area contributed by atoms with Gasteiger partial charge in [0.25, 0.3) is 5.91 Å². The number of nitrogens with one attached hydrogen (secondary N) is 1. The maximum atomic E-state index is 12.3. The van der Waals surface area contributed by atoms with Gasteiger partial charge in [0.2, 0.25) is 12.7 Å². The third kappa shape index (κ3) is 3.37. The van der Waals surface area contributed by atoms with Crippen LogP contribution in [0.1, 0.15) is 32.9 Å². The van der Waals surface area contributed by atoms with E-state index >= 15 is 0 Å². The van der Waals surface area contributed by atoms with E-state index in [9.17, 15) is 4.79 Å². The maximum Gasteiger partial charge on any atom is 0.322 e. The summed E-state index contributed by atoms with van der Waals surface area (Å²) in [6, 6.07) is 11.3. The van der Waals surface area contributed by atoms with Gasteiger partial charge in [-0.15, -0.1) is 5.10 Å². The molecule has 0 bridgehead atoms. The Morgan fingerprint density at radius 3 is 2.62 bits per heavy atom. The van der Waals surface area contributed by atoms with E-state index in [-0.39, 0.29) is 18.7 Å². The summed E-state index contributed by atoms with van der Waals surface area (Å²) in [6.07, 6.45) is 0.434. The van der Waals surface area contributed by atoms with Crippen molar-refractivity contribution in [3.05, 3.63) is 64.5 Å². The monoisotopic (exact) mass is 351 g/mol. The van der Waals surface area contributed by atoms with E-state index < -0.39 is 0 Å². The SMILES string of the molecule is Cc1cc(C)cc(C(=O)Nc2nnc(Cc3ccc4c(c3)OCO4)o2)c1. The summed E-state index contributed by atoms with van der Waals surface area (Å²) in [5, 5.41) is 10.5. The van der Waals surface area contributed by atoms with Crippen LogP contribution in [0.2, 0.25) is 0 Å². The van der Waals surface area contributed by atoms with E-state index in [1.165, 1.54) is 0 Å². The van der Waals surface area contributed by atoms with Crippen LogP contribution >= 0.6 is 0 Å². The van der Waals surface area contributed by atoms with E-state index in [0.717, 1.165) is 22.4 Å². The second-order valence-electron chi connectivity index (χ2n) is 6.20. The zero-order valence-corrected chi connectivity index (χ0v) is 14.4. The fourth-order valence-electron chi connectivity index (χ4n) is 2.88. The molecule has 1 N–H and O–H groups in total. The third-order valence-electron chi connectivity index (χ3n) is 3.96. The molecular weight excluding hydrogens is 334 g/mol. The zero-order chi connectivity index (χ0) is 18.1. The molecule has 0 atom stereocenters. The number of nitrogens with zero attached hydrogens (tertiary/aromatic N) is 2. The van der Waals surface area contributed by atoms with Crippen LogP contribution in [-0.4, -0.2) is 22.9 Å². The number of aryl methyl sites for hydroxylation is 2. The Morgan fingerprint density at radius 1 is 1.04 bits per heavy atom. The Morgan fingerprint density at radius 2 is 1.81 bits per heavy atom. The highest BCUT2D eigenvalue weighted by Gasteiger charge is 2.16. The molecule has 0 spiro atoms. The summed E-state index contributed by atoms with van der Waals surface area (Å²) in [6.45, 7) is 4.12. The predicted octanol–water partition coefficient (Wildman–Crippen LogP) is 3.26. The standard InChI is InChI=1S/C19H17N3O4/c1-11-5-12(2)7-14(6-11)18(23)20-19-22-21-17(26-19)9-13-3-4-15-16(8-13)25-10-24-15/h3-8H,9-10H2,1-2H3,(H,20,22,23). The van der Waals surface area contributed by atoms with E-state index in [1.54, 1.807) is 0 Å². The molecule has 1 amide bonds. The molecule has 0 saturated carbocycles. The molecular formula is C19H17N3O4. The quantitative estimate of drug-likeness (QED) is 0.776. The zero-order valence-electron chi connectivity index (χ0n) is 14.4. The van der Waals surface area contributed by atoms with Crippen LogP contribution < -0.4 is 14.8 Å². The van der Waals surface area contributed by atoms with Gasteiger partial charge in [0.1, 0.15) is 0 Å². The van der Waals surface area contributed by atoms with Crippen LogP contribution in [0.5, 0.6) is 11.5 Å². The van der Waals surface area contributed by atoms with Crippen molar-refractivity contribution in [2.75, 3.05) is 12.1 Å². The molecule has 7 heteroatoms. The summed E-state index contributed by atoms with van der Waals surface area (Å²) in [7, 11) is 0. The first kappa shape index (κ1) is 16.1. The molecule has 0 aliphatic carbocycles. The molecule has 7 nitrogen and oxygen atoms in total. The lowest BCUT2D eigenvalue weighted by atomic mass is 10.1. The van der Waals surface area contributed by atoms with Crippen molar-refractivity contribution in [2.45, 2.75) is 20.3 Å². The molecule has 1 aliphatic rings. The molecule has 0 radical (unpaired) electrons. The Bertz CT molecular complexity index is 960. The number of anilines is 1. The molecule has 1 aliphatic heterocycles. The minimum Gasteiger partial charge on any atom is -0.454 e. The van der Waals surface area contributed by atoms with Gasteiger partial charge in [-0.2, -0.15) is 0 Å². The highest BCUT2D eigenvalue weighted by molar-refractivity contribution is 6.03. The Labute approximate surface area is 150 Å². The molecule has 2 heterocycles. The number of hydrogen-bond donors (Lipinski definition) is 1. The molecule has 3 aromatic rings. The fraction of sp³-hybridized carbons (Fsp3) is 0.211. The number of amides is 1. The molecule has 0 fully saturated rings. The van der Waals surface area contributed by atoms with Crippen molar-refractivity contribution in [3.63, 3.8) is 0 Å². The van der Waals surface area contributed by atoms with Gasteiger partial charge in [-0.3, -0.25) is 10.1 Å². The van der Waals surface area contributed by atoms with Crippen LogP contribution in [0.15, 0.2) is 40.8 Å². The lowest BCUT2D eigenvalue weighted by molar-refractivity contribution is 0.102. The lowest BCUT2D eigenvalue weighted by Crippen LogP contribution is -2.12. The Balaban J connectivity index is 1.45. The highest BCUT2D eigenvalue weighted by atomic mass is 16.7. The highest BCUT2D eigenvalue weighted by Crippen LogP contribution is 2.33. The summed E-state index contributed by atoms with van der Waals surface area (Å²) in [4.78, 5) is 12.3. The number of carbonyl (C=O) groups excluding carboxylic acids is 1. The number of rotatable bonds is 4. The van der Waals surface area contributed by atoms with Crippen LogP contribution in [0.3, 0.4) is 0 Å². The van der Waals surface area contributed by atoms with Crippen LogP contribution in [-0.2, 0) is 6.42 Å². The smallest absolute Gasteiger partial charge is 0.322 e. The summed E-state index contributed by atoms with van der Waals surface area (Å²) < 4.78 is 16.2. The lowest BCUT2D eigenvalue weighted by Gasteiger charge is -2.04. The molecule has 1 aromatic heterocycles. The van der Waals surface area contributed by atoms with Crippen LogP contribution in [0.4, 0.5) is 6.01 Å². The molecule has 0 saturated heterocycles. The van der Waals surface area contributed by atoms with Crippen molar-refractivity contribution >= 4 is 11.9 Å². The third-order valence-corrected chi connectivity index (χ3v) is 3.96. The van der Waals surface area contributed by atoms with Gasteiger partial charge in [-0.25, -0.2) is 0 Å². The van der Waals surface area contributed by atoms with Crippen molar-refractivity contribution in [3.8, 4) is 11.5 Å². The molecule has 2 aromatic carbocycles. The normalized spacial score (nSPS) is 12.2. The van der Waals surface area contributed by atoms with Gasteiger partial charge in [-0.05, 0) is 43.7 Å². The average Bonchev–Trinajstić information content (AvgIpc) is 3.23. The first-order valence-corrected chi connectivity index (χ1v) is 8.17. The molecule has 26 heavy (non-hydrogen) atoms. The van der Waals surface area contributed by atoms with E-state index in [1.807, 2.05) is 50.2 Å². The van der Waals surface area contributed by atoms with Gasteiger partial charge in [-0.1, -0.05) is 28.4 Å². The molecule has 4 rings (SSSR count). The average molecular weight is 351 g/mol. The Kier molecular flexibility index (Phi) is 4.04. The van der Waals surface area contributed by atoms with Gasteiger partial charge in [0, 0.05) is 5.56 Å². The minimum absolute atomic E-state index is 0.0740. The van der Waals surface area contributed by atoms with E-state index in [4.69, 9.17) is 13.9 Å². The number of hydrogen-bond acceptors (Lipinski definition) is 6. The fourth-order valence-corrected chi connectivity index (χ4v) is 2.88. The van der Waals surface area contributed by atoms with Crippen molar-refractivity contribution in [2.24, 2.45) is 0 Å². The van der Waals surface area contributed by atoms with Gasteiger partial charge in [0.05, 0.1) is 6.42 Å². The van der Waals surface area contributed by atoms with Gasteiger partial charge >= 0.3 is 6.01 Å². The minimum atomic E-state index is -0.282. The van der Waals surface area contributed by atoms with Crippen LogP contribution in [0, 0.1) is 13.8 Å². The van der Waals surface area contributed by atoms with E-state index in [2.05, 4.69) is 15.5 Å². The topological polar surface area (TPSA) is 86.5 Å². The summed E-state index contributed by atoms with van der Waals surface area (Å²) in [5.74, 6) is 1.54.